The molecule has 0 saturated carbocycles. The fourth-order valence-corrected chi connectivity index (χ4v) is 0.762. The summed E-state index contributed by atoms with van der Waals surface area (Å²) < 4.78 is 12.9. The Morgan fingerprint density at radius 2 is 1.67 bits per heavy atom. The molecular formula is C5H15NO2S. The molecule has 4 heteroatoms. The lowest BCUT2D eigenvalue weighted by molar-refractivity contribution is -0.0260. The summed E-state index contributed by atoms with van der Waals surface area (Å²) in [4.78, 5) is 4.79. The van der Waals surface area contributed by atoms with Crippen LogP contribution in [0.15, 0.2) is 0 Å². The SMILES string of the molecule is CON(C)S(C)(C)(C)=O. The summed E-state index contributed by atoms with van der Waals surface area (Å²) in [5.41, 5.74) is 0. The first-order valence-corrected chi connectivity index (χ1v) is 5.76. The van der Waals surface area contributed by atoms with Crippen molar-refractivity contribution in [3.8, 4) is 0 Å². The average Bonchev–Trinajstić information content (AvgIpc) is 1.60. The molecule has 0 aliphatic carbocycles. The minimum absolute atomic E-state index is 1.39. The molecule has 0 unspecified atom stereocenters. The van der Waals surface area contributed by atoms with E-state index in [4.69, 9.17) is 4.84 Å². The van der Waals surface area contributed by atoms with Crippen LogP contribution < -0.4 is 0 Å². The molecule has 0 bridgehead atoms. The Labute approximate surface area is 56.5 Å². The van der Waals surface area contributed by atoms with Crippen LogP contribution in [-0.4, -0.2) is 41.6 Å². The van der Waals surface area contributed by atoms with Gasteiger partial charge in [0.15, 0.2) is 0 Å². The van der Waals surface area contributed by atoms with Gasteiger partial charge in [0, 0.05) is 25.8 Å². The molecule has 0 spiro atoms. The quantitative estimate of drug-likeness (QED) is 0.527. The van der Waals surface area contributed by atoms with Crippen molar-refractivity contribution in [2.75, 3.05) is 32.9 Å². The highest BCUT2D eigenvalue weighted by Gasteiger charge is 2.23. The highest BCUT2D eigenvalue weighted by Crippen LogP contribution is 2.15. The van der Waals surface area contributed by atoms with Gasteiger partial charge in [0.05, 0.1) is 7.11 Å². The molecule has 0 aromatic carbocycles. The Bertz CT molecular complexity index is 149. The van der Waals surface area contributed by atoms with Crippen LogP contribution in [0, 0.1) is 0 Å². The van der Waals surface area contributed by atoms with Gasteiger partial charge in [-0.15, -0.1) is 4.47 Å². The van der Waals surface area contributed by atoms with Crippen molar-refractivity contribution < 1.29 is 9.05 Å². The monoisotopic (exact) mass is 153 g/mol. The topological polar surface area (TPSA) is 29.5 Å². The molecule has 9 heavy (non-hydrogen) atoms. The second-order valence-corrected chi connectivity index (χ2v) is 8.18. The van der Waals surface area contributed by atoms with E-state index in [0.29, 0.717) is 0 Å². The van der Waals surface area contributed by atoms with Gasteiger partial charge in [-0.25, -0.2) is 0 Å². The summed E-state index contributed by atoms with van der Waals surface area (Å²) in [6.07, 6.45) is 5.00. The minimum atomic E-state index is -2.63. The minimum Gasteiger partial charge on any atom is -0.291 e. The predicted molar refractivity (Wildman–Crippen MR) is 40.7 cm³/mol. The van der Waals surface area contributed by atoms with Gasteiger partial charge in [-0.05, 0) is 9.25 Å². The highest BCUT2D eigenvalue weighted by molar-refractivity contribution is 8.16. The first-order valence-electron chi connectivity index (χ1n) is 2.61. The number of nitrogens with zero attached hydrogens (tertiary/aromatic N) is 1. The molecule has 0 atom stereocenters. The molecule has 0 fully saturated rings. The van der Waals surface area contributed by atoms with Gasteiger partial charge in [0.25, 0.3) is 0 Å². The van der Waals surface area contributed by atoms with E-state index in [1.165, 1.54) is 11.6 Å². The standard InChI is InChI=1S/C5H15NO2S/c1-6(8-2)9(3,4,5)7/h1-5H3. The Morgan fingerprint density at radius 3 is 1.67 bits per heavy atom. The van der Waals surface area contributed by atoms with Gasteiger partial charge >= 0.3 is 0 Å². The lowest BCUT2D eigenvalue weighted by Gasteiger charge is -2.36. The molecule has 0 aliphatic rings. The van der Waals surface area contributed by atoms with Crippen molar-refractivity contribution in [3.63, 3.8) is 0 Å². The molecule has 0 radical (unpaired) electrons. The molecule has 0 aromatic heterocycles. The van der Waals surface area contributed by atoms with E-state index in [9.17, 15) is 4.21 Å². The Morgan fingerprint density at radius 1 is 1.33 bits per heavy atom. The zero-order valence-electron chi connectivity index (χ0n) is 6.67. The maximum absolute atomic E-state index is 11.5. The van der Waals surface area contributed by atoms with E-state index >= 15 is 0 Å². The Kier molecular flexibility index (Phi) is 2.05. The highest BCUT2D eigenvalue weighted by atomic mass is 32.3. The van der Waals surface area contributed by atoms with Crippen LogP contribution in [0.2, 0.25) is 0 Å². The van der Waals surface area contributed by atoms with Crippen LogP contribution in [0.4, 0.5) is 0 Å². The summed E-state index contributed by atoms with van der Waals surface area (Å²) >= 11 is 0. The molecule has 0 rings (SSSR count). The van der Waals surface area contributed by atoms with Crippen LogP contribution in [0.3, 0.4) is 0 Å². The summed E-state index contributed by atoms with van der Waals surface area (Å²) in [5, 5.41) is 0. The van der Waals surface area contributed by atoms with E-state index in [1.807, 2.05) is 0 Å². The summed E-state index contributed by atoms with van der Waals surface area (Å²) in [7, 11) is 0.538. The fourth-order valence-electron chi connectivity index (χ4n) is 0.254. The number of hydrogen-bond donors (Lipinski definition) is 0. The van der Waals surface area contributed by atoms with Gasteiger partial charge in [0.2, 0.25) is 0 Å². The first kappa shape index (κ1) is 9.07. The summed E-state index contributed by atoms with van der Waals surface area (Å²) in [5.74, 6) is 0. The van der Waals surface area contributed by atoms with Gasteiger partial charge in [0.1, 0.15) is 0 Å². The van der Waals surface area contributed by atoms with Crippen molar-refractivity contribution in [2.24, 2.45) is 0 Å². The van der Waals surface area contributed by atoms with Crippen molar-refractivity contribution in [2.45, 2.75) is 0 Å². The van der Waals surface area contributed by atoms with Crippen molar-refractivity contribution in [3.05, 3.63) is 0 Å². The Balaban J connectivity index is 4.36. The van der Waals surface area contributed by atoms with E-state index < -0.39 is 9.25 Å². The number of hydrogen-bond acceptors (Lipinski definition) is 2. The van der Waals surface area contributed by atoms with E-state index in [2.05, 4.69) is 0 Å². The normalized spacial score (nSPS) is 17.3. The third-order valence-electron chi connectivity index (χ3n) is 1.13. The second kappa shape index (κ2) is 2.04. The summed E-state index contributed by atoms with van der Waals surface area (Å²) in [6.45, 7) is 0. The van der Waals surface area contributed by atoms with Gasteiger partial charge < -0.3 is 0 Å². The van der Waals surface area contributed by atoms with E-state index in [1.54, 1.807) is 25.8 Å². The maximum Gasteiger partial charge on any atom is 0.0586 e. The maximum atomic E-state index is 11.5. The summed E-state index contributed by atoms with van der Waals surface area (Å²) in [6, 6.07) is 0. The lowest BCUT2D eigenvalue weighted by atomic mass is 11.5. The van der Waals surface area contributed by atoms with E-state index in [-0.39, 0.29) is 0 Å². The van der Waals surface area contributed by atoms with Crippen LogP contribution in [0.5, 0.6) is 0 Å². The third kappa shape index (κ3) is 2.93. The lowest BCUT2D eigenvalue weighted by Crippen LogP contribution is -2.44. The molecule has 0 saturated heterocycles. The molecule has 0 N–H and O–H groups in total. The second-order valence-electron chi connectivity index (χ2n) is 2.97. The zero-order valence-corrected chi connectivity index (χ0v) is 7.49. The van der Waals surface area contributed by atoms with Crippen molar-refractivity contribution >= 4 is 9.25 Å². The molecule has 0 heterocycles. The molecule has 0 aliphatic heterocycles. The largest absolute Gasteiger partial charge is 0.291 e. The third-order valence-corrected chi connectivity index (χ3v) is 3.04. The molecule has 0 aromatic rings. The van der Waals surface area contributed by atoms with Gasteiger partial charge in [-0.3, -0.25) is 9.05 Å². The smallest absolute Gasteiger partial charge is 0.0586 e. The predicted octanol–water partition coefficient (Wildman–Crippen LogP) is 0.104. The fraction of sp³-hybridized carbons (Fsp3) is 1.00. The zero-order chi connectivity index (χ0) is 7.73. The number of hydroxylamine groups is 1. The van der Waals surface area contributed by atoms with Crippen LogP contribution in [0.25, 0.3) is 0 Å². The van der Waals surface area contributed by atoms with Crippen LogP contribution in [0.1, 0.15) is 0 Å². The van der Waals surface area contributed by atoms with Crippen LogP contribution >= 0.6 is 0 Å². The van der Waals surface area contributed by atoms with Crippen molar-refractivity contribution in [1.82, 2.24) is 4.47 Å². The van der Waals surface area contributed by atoms with E-state index in [0.717, 1.165) is 0 Å². The molecule has 0 amide bonds. The Hall–Kier alpha value is 0.0700. The van der Waals surface area contributed by atoms with Crippen molar-refractivity contribution in [1.29, 1.82) is 0 Å². The number of rotatable bonds is 2. The average molecular weight is 153 g/mol. The van der Waals surface area contributed by atoms with Gasteiger partial charge in [-0.2, -0.15) is 0 Å². The molecule has 3 nitrogen and oxygen atoms in total. The molecule has 58 valence electrons. The van der Waals surface area contributed by atoms with Gasteiger partial charge in [-0.1, -0.05) is 0 Å². The molecular weight excluding hydrogens is 138 g/mol. The van der Waals surface area contributed by atoms with Crippen LogP contribution in [-0.2, 0) is 14.1 Å². The first-order chi connectivity index (χ1) is 3.74.